The van der Waals surface area contributed by atoms with E-state index in [0.717, 1.165) is 5.69 Å². The number of fused-ring (bicyclic) bond motifs is 1. The largest absolute Gasteiger partial charge is 0.360 e. The van der Waals surface area contributed by atoms with E-state index in [-0.39, 0.29) is 5.91 Å². The maximum absolute atomic E-state index is 11.3. The third kappa shape index (κ3) is 1.05. The van der Waals surface area contributed by atoms with Crippen LogP contribution in [-0.4, -0.2) is 5.91 Å². The van der Waals surface area contributed by atoms with Crippen LogP contribution < -0.4 is 10.6 Å². The molecule has 60 valence electrons. The van der Waals surface area contributed by atoms with Gasteiger partial charge in [0.2, 0.25) is 0 Å². The highest BCUT2D eigenvalue weighted by Crippen LogP contribution is 2.15. The predicted octanol–water partition coefficient (Wildman–Crippen LogP) is 1.31. The van der Waals surface area contributed by atoms with Crippen molar-refractivity contribution in [3.05, 3.63) is 42.2 Å². The van der Waals surface area contributed by atoms with Crippen LogP contribution in [0.1, 0.15) is 10.4 Å². The molecule has 0 aliphatic carbocycles. The molecule has 0 radical (unpaired) electrons. The second-order valence-corrected chi connectivity index (χ2v) is 2.50. The van der Waals surface area contributed by atoms with Gasteiger partial charge in [0.05, 0.1) is 11.3 Å². The monoisotopic (exact) mass is 160 g/mol. The van der Waals surface area contributed by atoms with Gasteiger partial charge in [-0.25, -0.2) is 0 Å². The average Bonchev–Trinajstić information content (AvgIpc) is 2.29. The van der Waals surface area contributed by atoms with Crippen LogP contribution in [0.4, 0.5) is 5.69 Å². The Morgan fingerprint density at radius 3 is 2.67 bits per heavy atom. The molecule has 0 unspecified atom stereocenters. The topological polar surface area (TPSA) is 41.1 Å². The highest BCUT2D eigenvalue weighted by atomic mass is 16.1. The second-order valence-electron chi connectivity index (χ2n) is 2.50. The number of anilines is 1. The van der Waals surface area contributed by atoms with Gasteiger partial charge in [-0.3, -0.25) is 4.79 Å². The van der Waals surface area contributed by atoms with Gasteiger partial charge in [-0.05, 0) is 12.1 Å². The minimum absolute atomic E-state index is 0.0770. The van der Waals surface area contributed by atoms with E-state index in [1.54, 1.807) is 18.5 Å². The van der Waals surface area contributed by atoms with Gasteiger partial charge in [0.25, 0.3) is 5.91 Å². The number of rotatable bonds is 0. The van der Waals surface area contributed by atoms with Gasteiger partial charge in [-0.15, -0.1) is 0 Å². The zero-order valence-electron chi connectivity index (χ0n) is 6.37. The quantitative estimate of drug-likeness (QED) is 0.600. The fraction of sp³-hybridized carbons (Fsp3) is 0. The maximum Gasteiger partial charge on any atom is 0.257 e. The summed E-state index contributed by atoms with van der Waals surface area (Å²) in [7, 11) is 0. The summed E-state index contributed by atoms with van der Waals surface area (Å²) in [6, 6.07) is 7.37. The van der Waals surface area contributed by atoms with Crippen LogP contribution in [0.25, 0.3) is 0 Å². The van der Waals surface area contributed by atoms with Crippen molar-refractivity contribution in [3.8, 4) is 0 Å². The zero-order valence-corrected chi connectivity index (χ0v) is 6.37. The Morgan fingerprint density at radius 2 is 1.75 bits per heavy atom. The normalized spacial score (nSPS) is 14.2. The first-order valence-electron chi connectivity index (χ1n) is 3.69. The first-order valence-corrected chi connectivity index (χ1v) is 3.69. The molecule has 12 heavy (non-hydrogen) atoms. The summed E-state index contributed by atoms with van der Waals surface area (Å²) >= 11 is 0. The molecule has 3 nitrogen and oxygen atoms in total. The molecule has 0 bridgehead atoms. The first kappa shape index (κ1) is 6.91. The van der Waals surface area contributed by atoms with E-state index in [1.165, 1.54) is 0 Å². The molecule has 0 spiro atoms. The molecule has 0 fully saturated rings. The Bertz CT molecular complexity index is 344. The van der Waals surface area contributed by atoms with E-state index in [2.05, 4.69) is 10.6 Å². The molecule has 1 aromatic rings. The van der Waals surface area contributed by atoms with E-state index in [0.29, 0.717) is 5.56 Å². The van der Waals surface area contributed by atoms with Crippen molar-refractivity contribution < 1.29 is 4.79 Å². The number of carbonyl (C=O) groups is 1. The molecule has 1 aromatic carbocycles. The standard InChI is InChI=1S/C9H8N2O/c12-9-7-3-1-2-4-8(7)10-5-6-11-9/h1-6,10H,(H,11,12). The Kier molecular flexibility index (Phi) is 1.55. The molecule has 2 rings (SSSR count). The van der Waals surface area contributed by atoms with E-state index in [1.807, 2.05) is 18.2 Å². The van der Waals surface area contributed by atoms with Crippen molar-refractivity contribution in [2.45, 2.75) is 0 Å². The lowest BCUT2D eigenvalue weighted by molar-refractivity contribution is 0.0971. The molecular formula is C9H8N2O. The molecular weight excluding hydrogens is 152 g/mol. The lowest BCUT2D eigenvalue weighted by Gasteiger charge is -2.02. The molecule has 1 aliphatic heterocycles. The summed E-state index contributed by atoms with van der Waals surface area (Å²) in [6.07, 6.45) is 3.28. The minimum Gasteiger partial charge on any atom is -0.360 e. The summed E-state index contributed by atoms with van der Waals surface area (Å²) < 4.78 is 0. The van der Waals surface area contributed by atoms with Gasteiger partial charge in [0.1, 0.15) is 0 Å². The van der Waals surface area contributed by atoms with Crippen LogP contribution in [0.3, 0.4) is 0 Å². The van der Waals surface area contributed by atoms with Gasteiger partial charge in [-0.1, -0.05) is 12.1 Å². The van der Waals surface area contributed by atoms with Crippen LogP contribution in [0.15, 0.2) is 36.7 Å². The number of hydrogen-bond acceptors (Lipinski definition) is 2. The highest BCUT2D eigenvalue weighted by Gasteiger charge is 2.09. The lowest BCUT2D eigenvalue weighted by Crippen LogP contribution is -2.15. The van der Waals surface area contributed by atoms with Crippen molar-refractivity contribution in [1.82, 2.24) is 5.32 Å². The predicted molar refractivity (Wildman–Crippen MR) is 46.7 cm³/mol. The number of benzene rings is 1. The van der Waals surface area contributed by atoms with Gasteiger partial charge in [0.15, 0.2) is 0 Å². The van der Waals surface area contributed by atoms with Crippen molar-refractivity contribution in [3.63, 3.8) is 0 Å². The first-order chi connectivity index (χ1) is 5.88. The molecule has 2 N–H and O–H groups in total. The number of hydrogen-bond donors (Lipinski definition) is 2. The molecule has 0 aromatic heterocycles. The molecule has 1 amide bonds. The van der Waals surface area contributed by atoms with Crippen LogP contribution in [-0.2, 0) is 0 Å². The molecule has 0 saturated heterocycles. The number of para-hydroxylation sites is 1. The van der Waals surface area contributed by atoms with E-state index < -0.39 is 0 Å². The Balaban J connectivity index is 2.52. The third-order valence-electron chi connectivity index (χ3n) is 1.71. The Hall–Kier alpha value is -1.77. The van der Waals surface area contributed by atoms with Crippen LogP contribution in [0.2, 0.25) is 0 Å². The van der Waals surface area contributed by atoms with Gasteiger partial charge in [-0.2, -0.15) is 0 Å². The summed E-state index contributed by atoms with van der Waals surface area (Å²) in [5, 5.41) is 5.61. The van der Waals surface area contributed by atoms with Crippen molar-refractivity contribution >= 4 is 11.6 Å². The van der Waals surface area contributed by atoms with Gasteiger partial charge >= 0.3 is 0 Å². The second kappa shape index (κ2) is 2.70. The van der Waals surface area contributed by atoms with Crippen LogP contribution in [0.5, 0.6) is 0 Å². The van der Waals surface area contributed by atoms with Gasteiger partial charge < -0.3 is 10.6 Å². The summed E-state index contributed by atoms with van der Waals surface area (Å²) in [5.41, 5.74) is 1.51. The molecule has 0 atom stereocenters. The van der Waals surface area contributed by atoms with Crippen molar-refractivity contribution in [2.24, 2.45) is 0 Å². The summed E-state index contributed by atoms with van der Waals surface area (Å²) in [6.45, 7) is 0. The minimum atomic E-state index is -0.0770. The van der Waals surface area contributed by atoms with Crippen molar-refractivity contribution in [2.75, 3.05) is 5.32 Å². The van der Waals surface area contributed by atoms with Crippen LogP contribution >= 0.6 is 0 Å². The molecule has 3 heteroatoms. The summed E-state index contributed by atoms with van der Waals surface area (Å²) in [5.74, 6) is -0.0770. The van der Waals surface area contributed by atoms with E-state index in [4.69, 9.17) is 0 Å². The van der Waals surface area contributed by atoms with Crippen molar-refractivity contribution in [1.29, 1.82) is 0 Å². The number of carbonyl (C=O) groups excluding carboxylic acids is 1. The SMILES string of the molecule is O=C1NC=CNc2ccccc21. The maximum atomic E-state index is 11.3. The zero-order chi connectivity index (χ0) is 8.39. The number of amides is 1. The lowest BCUT2D eigenvalue weighted by atomic mass is 10.2. The Labute approximate surface area is 70.1 Å². The number of nitrogens with one attached hydrogen (secondary N) is 2. The third-order valence-corrected chi connectivity index (χ3v) is 1.71. The van der Waals surface area contributed by atoms with E-state index in [9.17, 15) is 4.79 Å². The molecule has 0 saturated carbocycles. The fourth-order valence-electron chi connectivity index (χ4n) is 1.13. The van der Waals surface area contributed by atoms with Gasteiger partial charge in [0, 0.05) is 12.4 Å². The average molecular weight is 160 g/mol. The van der Waals surface area contributed by atoms with Crippen LogP contribution in [0, 0.1) is 0 Å². The molecule has 1 aliphatic rings. The van der Waals surface area contributed by atoms with E-state index >= 15 is 0 Å². The fourth-order valence-corrected chi connectivity index (χ4v) is 1.13. The smallest absolute Gasteiger partial charge is 0.257 e. The summed E-state index contributed by atoms with van der Waals surface area (Å²) in [4.78, 5) is 11.3. The Morgan fingerprint density at radius 1 is 1.00 bits per heavy atom. The highest BCUT2D eigenvalue weighted by molar-refractivity contribution is 6.00. The molecule has 1 heterocycles.